The predicted molar refractivity (Wildman–Crippen MR) is 127 cm³/mol. The molecule has 33 heavy (non-hydrogen) atoms. The van der Waals surface area contributed by atoms with Crippen LogP contribution >= 0.6 is 34.5 Å². The zero-order chi connectivity index (χ0) is 23.9. The first-order valence-corrected chi connectivity index (χ1v) is 11.2. The molecule has 4 aromatic rings. The molecule has 0 spiro atoms. The van der Waals surface area contributed by atoms with Crippen molar-refractivity contribution in [3.8, 4) is 16.9 Å². The molecule has 0 fully saturated rings. The second kappa shape index (κ2) is 8.58. The summed E-state index contributed by atoms with van der Waals surface area (Å²) in [6, 6.07) is 12.6. The highest BCUT2D eigenvalue weighted by Gasteiger charge is 2.32. The van der Waals surface area contributed by atoms with E-state index in [0.717, 1.165) is 20.9 Å². The van der Waals surface area contributed by atoms with Crippen LogP contribution in [0.2, 0.25) is 10.0 Å². The van der Waals surface area contributed by atoms with E-state index in [1.165, 1.54) is 23.5 Å². The number of thiazole rings is 1. The Morgan fingerprint density at radius 2 is 1.76 bits per heavy atom. The number of aromatic nitrogens is 4. The molecule has 0 aliphatic heterocycles. The van der Waals surface area contributed by atoms with Crippen LogP contribution in [0.3, 0.4) is 0 Å². The number of carbonyl (C=O) groups is 1. The molecular weight excluding hydrogens is 487 g/mol. The van der Waals surface area contributed by atoms with Crippen molar-refractivity contribution in [3.05, 3.63) is 95.0 Å². The van der Waals surface area contributed by atoms with Crippen LogP contribution in [0.4, 0.5) is 0 Å². The van der Waals surface area contributed by atoms with Crippen LogP contribution in [0.25, 0.3) is 16.9 Å². The third-order valence-electron chi connectivity index (χ3n) is 5.04. The first-order chi connectivity index (χ1) is 15.6. The quantitative estimate of drug-likeness (QED) is 0.418. The highest BCUT2D eigenvalue weighted by molar-refractivity contribution is 7.10. The summed E-state index contributed by atoms with van der Waals surface area (Å²) < 4.78 is 0.732. The number of carboxylic acid groups (broad SMARTS) is 1. The van der Waals surface area contributed by atoms with Crippen molar-refractivity contribution in [2.75, 3.05) is 0 Å². The zero-order valence-electron chi connectivity index (χ0n) is 17.3. The van der Waals surface area contributed by atoms with E-state index < -0.39 is 28.3 Å². The third kappa shape index (κ3) is 4.22. The smallest absolute Gasteiger partial charge is 0.362 e. The summed E-state index contributed by atoms with van der Waals surface area (Å²) in [5, 5.41) is 16.0. The summed E-state index contributed by atoms with van der Waals surface area (Å²) in [5.74, 6) is -1.57. The maximum absolute atomic E-state index is 12.2. The average molecular weight is 503 g/mol. The molecule has 0 aliphatic rings. The van der Waals surface area contributed by atoms with Gasteiger partial charge in [0.15, 0.2) is 0 Å². The predicted octanol–water partition coefficient (Wildman–Crippen LogP) is 4.38. The van der Waals surface area contributed by atoms with E-state index in [9.17, 15) is 14.4 Å². The van der Waals surface area contributed by atoms with Crippen LogP contribution in [-0.2, 0) is 5.41 Å². The van der Waals surface area contributed by atoms with Gasteiger partial charge < -0.3 is 5.11 Å². The molecule has 168 valence electrons. The van der Waals surface area contributed by atoms with Crippen molar-refractivity contribution in [2.45, 2.75) is 19.3 Å². The van der Waals surface area contributed by atoms with Crippen LogP contribution in [0.5, 0.6) is 0 Å². The van der Waals surface area contributed by atoms with Crippen LogP contribution in [-0.4, -0.2) is 30.8 Å². The molecule has 2 heterocycles. The van der Waals surface area contributed by atoms with Crippen LogP contribution < -0.4 is 11.2 Å². The van der Waals surface area contributed by atoms with Gasteiger partial charge in [0.05, 0.1) is 11.4 Å². The van der Waals surface area contributed by atoms with Gasteiger partial charge in [0.2, 0.25) is 5.69 Å². The molecule has 4 rings (SSSR count). The largest absolute Gasteiger partial charge is 0.476 e. The second-order valence-electron chi connectivity index (χ2n) is 7.64. The number of nitrogens with one attached hydrogen (secondary N) is 1. The Bertz CT molecular complexity index is 1470. The van der Waals surface area contributed by atoms with Crippen LogP contribution in [0.15, 0.2) is 57.4 Å². The van der Waals surface area contributed by atoms with Gasteiger partial charge in [-0.05, 0) is 26.0 Å². The molecule has 2 N–H and O–H groups in total. The Balaban J connectivity index is 1.79. The Kier molecular flexibility index (Phi) is 5.96. The minimum absolute atomic E-state index is 0.109. The average Bonchev–Trinajstić information content (AvgIpc) is 3.25. The molecule has 0 bridgehead atoms. The van der Waals surface area contributed by atoms with E-state index in [-0.39, 0.29) is 15.7 Å². The fraction of sp³-hybridized carbons (Fsp3) is 0.136. The monoisotopic (exact) mass is 502 g/mol. The lowest BCUT2D eigenvalue weighted by molar-refractivity contribution is 0.0685. The maximum atomic E-state index is 12.2. The summed E-state index contributed by atoms with van der Waals surface area (Å²) in [7, 11) is 0. The van der Waals surface area contributed by atoms with Gasteiger partial charge in [0, 0.05) is 32.0 Å². The summed E-state index contributed by atoms with van der Waals surface area (Å²) in [6.07, 6.45) is 0. The first-order valence-electron chi connectivity index (χ1n) is 9.58. The molecule has 0 radical (unpaired) electrons. The van der Waals surface area contributed by atoms with Gasteiger partial charge >= 0.3 is 11.7 Å². The SMILES string of the molecule is CC(C)(c1nc(-c2ccccc2)cs1)c1c(Cl)cc(-n2nc(C(=O)O)c(=O)[nH]c2=O)cc1Cl. The first kappa shape index (κ1) is 22.9. The molecule has 0 saturated heterocycles. The Morgan fingerprint density at radius 1 is 1.12 bits per heavy atom. The minimum Gasteiger partial charge on any atom is -0.476 e. The number of rotatable bonds is 5. The normalized spacial score (nSPS) is 11.5. The molecule has 0 amide bonds. The van der Waals surface area contributed by atoms with Gasteiger partial charge in [-0.25, -0.2) is 14.6 Å². The molecule has 2 aromatic carbocycles. The van der Waals surface area contributed by atoms with Gasteiger partial charge in [0.25, 0.3) is 5.56 Å². The second-order valence-corrected chi connectivity index (χ2v) is 9.31. The molecule has 8 nitrogen and oxygen atoms in total. The van der Waals surface area contributed by atoms with Crippen molar-refractivity contribution in [1.29, 1.82) is 0 Å². The third-order valence-corrected chi connectivity index (χ3v) is 6.80. The van der Waals surface area contributed by atoms with Crippen LogP contribution in [0, 0.1) is 0 Å². The van der Waals surface area contributed by atoms with Crippen molar-refractivity contribution in [2.24, 2.45) is 0 Å². The van der Waals surface area contributed by atoms with Crippen LogP contribution in [0.1, 0.15) is 34.9 Å². The number of benzene rings is 2. The van der Waals surface area contributed by atoms with E-state index in [1.807, 2.05) is 54.5 Å². The lowest BCUT2D eigenvalue weighted by atomic mass is 9.85. The molecule has 2 aromatic heterocycles. The highest BCUT2D eigenvalue weighted by Crippen LogP contribution is 2.43. The molecular formula is C22H16Cl2N4O4S. The van der Waals surface area contributed by atoms with E-state index in [2.05, 4.69) is 5.10 Å². The number of carboxylic acids is 1. The summed E-state index contributed by atoms with van der Waals surface area (Å²) in [5.41, 5.74) is -1.02. The number of aromatic amines is 1. The highest BCUT2D eigenvalue weighted by atomic mass is 35.5. The number of hydrogen-bond acceptors (Lipinski definition) is 6. The van der Waals surface area contributed by atoms with Gasteiger partial charge in [-0.3, -0.25) is 9.78 Å². The fourth-order valence-electron chi connectivity index (χ4n) is 3.40. The zero-order valence-corrected chi connectivity index (χ0v) is 19.6. The number of H-pyrrole nitrogens is 1. The van der Waals surface area contributed by atoms with E-state index in [4.69, 9.17) is 33.3 Å². The Labute approximate surface area is 201 Å². The van der Waals surface area contributed by atoms with Gasteiger partial charge in [-0.2, -0.15) is 9.78 Å². The van der Waals surface area contributed by atoms with Crippen molar-refractivity contribution >= 4 is 40.5 Å². The Morgan fingerprint density at radius 3 is 2.36 bits per heavy atom. The van der Waals surface area contributed by atoms with Crippen molar-refractivity contribution in [3.63, 3.8) is 0 Å². The maximum Gasteiger partial charge on any atom is 0.362 e. The van der Waals surface area contributed by atoms with Crippen molar-refractivity contribution in [1.82, 2.24) is 19.7 Å². The van der Waals surface area contributed by atoms with Gasteiger partial charge in [-0.1, -0.05) is 53.5 Å². The number of aromatic carboxylic acids is 1. The summed E-state index contributed by atoms with van der Waals surface area (Å²) >= 11 is 14.7. The van der Waals surface area contributed by atoms with E-state index in [1.54, 1.807) is 0 Å². The molecule has 0 saturated carbocycles. The lowest BCUT2D eigenvalue weighted by Crippen LogP contribution is -2.35. The molecule has 0 atom stereocenters. The lowest BCUT2D eigenvalue weighted by Gasteiger charge is -2.26. The van der Waals surface area contributed by atoms with E-state index >= 15 is 0 Å². The molecule has 11 heteroatoms. The van der Waals surface area contributed by atoms with E-state index in [0.29, 0.717) is 5.56 Å². The standard InChI is InChI=1S/C22H16Cl2N4O4S/c1-22(2,20-25-15(10-33-20)11-6-4-3-5-7-11)16-13(23)8-12(9-14(16)24)28-21(32)26-18(29)17(27-28)19(30)31/h3-10H,1-2H3,(H,30,31)(H,26,29,32). The Hall–Kier alpha value is -3.27. The molecule has 0 unspecified atom stereocenters. The summed E-state index contributed by atoms with van der Waals surface area (Å²) in [6.45, 7) is 3.86. The fourth-order valence-corrected chi connectivity index (χ4v) is 5.31. The topological polar surface area (TPSA) is 118 Å². The van der Waals surface area contributed by atoms with Gasteiger partial charge in [-0.15, -0.1) is 11.3 Å². The molecule has 0 aliphatic carbocycles. The minimum atomic E-state index is -1.57. The number of halogens is 2. The van der Waals surface area contributed by atoms with Gasteiger partial charge in [0.1, 0.15) is 5.01 Å². The summed E-state index contributed by atoms with van der Waals surface area (Å²) in [4.78, 5) is 41.9. The van der Waals surface area contributed by atoms with Crippen molar-refractivity contribution < 1.29 is 9.90 Å². The number of hydrogen-bond donors (Lipinski definition) is 2. The number of nitrogens with zero attached hydrogens (tertiary/aromatic N) is 3.